The van der Waals surface area contributed by atoms with Crippen molar-refractivity contribution < 1.29 is 0 Å². The maximum atomic E-state index is 2.37. The summed E-state index contributed by atoms with van der Waals surface area (Å²) in [5, 5.41) is 0. The highest BCUT2D eigenvalue weighted by molar-refractivity contribution is 5.88. The molecule has 0 spiro atoms. The number of para-hydroxylation sites is 2. The van der Waals surface area contributed by atoms with Gasteiger partial charge < -0.3 is 4.90 Å². The van der Waals surface area contributed by atoms with Gasteiger partial charge >= 0.3 is 0 Å². The molecule has 1 aliphatic heterocycles. The first-order valence-electron chi connectivity index (χ1n) is 7.45. The minimum Gasteiger partial charge on any atom is -0.341 e. The van der Waals surface area contributed by atoms with E-state index in [0.717, 1.165) is 6.54 Å². The Kier molecular flexibility index (Phi) is 5.00. The summed E-state index contributed by atoms with van der Waals surface area (Å²) in [6, 6.07) is 17.1. The van der Waals surface area contributed by atoms with Crippen molar-refractivity contribution in [1.29, 1.82) is 0 Å². The molecule has 0 aliphatic carbocycles. The van der Waals surface area contributed by atoms with Crippen LogP contribution in [0.3, 0.4) is 0 Å². The van der Waals surface area contributed by atoms with Crippen molar-refractivity contribution in [1.82, 2.24) is 0 Å². The van der Waals surface area contributed by atoms with Gasteiger partial charge in [0, 0.05) is 17.9 Å². The Morgan fingerprint density at radius 3 is 1.50 bits per heavy atom. The number of hydrogen-bond donors (Lipinski definition) is 0. The second-order valence-electron chi connectivity index (χ2n) is 4.90. The summed E-state index contributed by atoms with van der Waals surface area (Å²) in [5.74, 6) is 0. The Balaban J connectivity index is 0.000000452. The Hall–Kier alpha value is -2.02. The van der Waals surface area contributed by atoms with Crippen LogP contribution in [0.4, 0.5) is 11.4 Å². The number of anilines is 2. The number of fused-ring (bicyclic) bond motifs is 2. The van der Waals surface area contributed by atoms with E-state index in [2.05, 4.69) is 86.4 Å². The molecule has 1 aliphatic rings. The second-order valence-corrected chi connectivity index (χ2v) is 4.90. The topological polar surface area (TPSA) is 3.24 Å². The van der Waals surface area contributed by atoms with Crippen LogP contribution in [0.1, 0.15) is 38.3 Å². The zero-order valence-electron chi connectivity index (χ0n) is 12.6. The molecular formula is C19H23N. The Labute approximate surface area is 122 Å². The zero-order chi connectivity index (χ0) is 14.4. The van der Waals surface area contributed by atoms with Gasteiger partial charge in [0.15, 0.2) is 0 Å². The van der Waals surface area contributed by atoms with Crippen molar-refractivity contribution in [2.24, 2.45) is 0 Å². The van der Waals surface area contributed by atoms with Gasteiger partial charge in [-0.3, -0.25) is 0 Å². The lowest BCUT2D eigenvalue weighted by atomic mass is 10.1. The van der Waals surface area contributed by atoms with Crippen LogP contribution < -0.4 is 4.90 Å². The molecule has 0 atom stereocenters. The largest absolute Gasteiger partial charge is 0.341 e. The molecule has 0 unspecified atom stereocenters. The lowest BCUT2D eigenvalue weighted by Crippen LogP contribution is -2.17. The van der Waals surface area contributed by atoms with Gasteiger partial charge in [0.05, 0.1) is 0 Å². The molecule has 1 heterocycles. The average Bonchev–Trinajstić information content (AvgIpc) is 2.64. The first kappa shape index (κ1) is 14.4. The minimum absolute atomic E-state index is 0.982. The third-order valence-corrected chi connectivity index (χ3v) is 3.21. The van der Waals surface area contributed by atoms with Crippen molar-refractivity contribution in [3.63, 3.8) is 0 Å². The van der Waals surface area contributed by atoms with E-state index < -0.39 is 0 Å². The van der Waals surface area contributed by atoms with E-state index in [-0.39, 0.29) is 0 Å². The molecule has 2 aromatic rings. The van der Waals surface area contributed by atoms with E-state index >= 15 is 0 Å². The van der Waals surface area contributed by atoms with E-state index in [0.29, 0.717) is 0 Å². The van der Waals surface area contributed by atoms with Gasteiger partial charge in [-0.25, -0.2) is 0 Å². The van der Waals surface area contributed by atoms with Gasteiger partial charge in [-0.05, 0) is 30.2 Å². The molecule has 20 heavy (non-hydrogen) atoms. The first-order valence-corrected chi connectivity index (χ1v) is 7.45. The van der Waals surface area contributed by atoms with Crippen molar-refractivity contribution in [3.8, 4) is 0 Å². The number of benzene rings is 2. The summed E-state index contributed by atoms with van der Waals surface area (Å²) in [4.78, 5) is 2.37. The number of hydrogen-bond acceptors (Lipinski definition) is 1. The summed E-state index contributed by atoms with van der Waals surface area (Å²) in [7, 11) is 0. The second kappa shape index (κ2) is 6.95. The van der Waals surface area contributed by atoms with Crippen molar-refractivity contribution in [2.75, 3.05) is 11.4 Å². The summed E-state index contributed by atoms with van der Waals surface area (Å²) in [5.41, 5.74) is 5.14. The molecule has 0 bridgehead atoms. The van der Waals surface area contributed by atoms with Crippen LogP contribution in [0, 0.1) is 0 Å². The fourth-order valence-corrected chi connectivity index (χ4v) is 2.40. The molecule has 0 N–H and O–H groups in total. The highest BCUT2D eigenvalue weighted by Gasteiger charge is 2.14. The predicted molar refractivity (Wildman–Crippen MR) is 90.5 cm³/mol. The monoisotopic (exact) mass is 265 g/mol. The molecule has 0 saturated heterocycles. The van der Waals surface area contributed by atoms with E-state index in [1.807, 2.05) is 0 Å². The molecule has 0 fully saturated rings. The van der Waals surface area contributed by atoms with Crippen molar-refractivity contribution in [3.05, 3.63) is 59.7 Å². The molecular weight excluding hydrogens is 242 g/mol. The molecule has 3 rings (SSSR count). The van der Waals surface area contributed by atoms with Crippen LogP contribution in [0.15, 0.2) is 48.5 Å². The number of rotatable bonds is 1. The summed E-state index contributed by atoms with van der Waals surface area (Å²) in [6.45, 7) is 7.43. The summed E-state index contributed by atoms with van der Waals surface area (Å²) in [6.07, 6.45) is 5.65. The molecule has 0 radical (unpaired) electrons. The van der Waals surface area contributed by atoms with E-state index in [1.54, 1.807) is 0 Å². The van der Waals surface area contributed by atoms with Crippen molar-refractivity contribution in [2.45, 2.75) is 27.2 Å². The van der Waals surface area contributed by atoms with Crippen LogP contribution >= 0.6 is 0 Å². The Morgan fingerprint density at radius 2 is 1.10 bits per heavy atom. The number of nitrogens with zero attached hydrogens (tertiary/aromatic N) is 1. The highest BCUT2D eigenvalue weighted by atomic mass is 15.1. The fraction of sp³-hybridized carbons (Fsp3) is 0.263. The highest BCUT2D eigenvalue weighted by Crippen LogP contribution is 2.35. The normalized spacial score (nSPS) is 11.8. The Bertz CT molecular complexity index is 534. The van der Waals surface area contributed by atoms with Crippen LogP contribution in [0.25, 0.3) is 12.2 Å². The Morgan fingerprint density at radius 1 is 0.700 bits per heavy atom. The lowest BCUT2D eigenvalue weighted by Gasteiger charge is -2.25. The molecule has 1 heteroatoms. The molecule has 1 nitrogen and oxygen atoms in total. The molecule has 0 saturated carbocycles. The average molecular weight is 265 g/mol. The quantitative estimate of drug-likeness (QED) is 0.635. The predicted octanol–water partition coefficient (Wildman–Crippen LogP) is 5.74. The van der Waals surface area contributed by atoms with Gasteiger partial charge in [-0.1, -0.05) is 68.8 Å². The third kappa shape index (κ3) is 2.93. The van der Waals surface area contributed by atoms with Crippen LogP contribution in [0.2, 0.25) is 0 Å². The SMILES string of the molecule is CCC.CCN1c2ccccc2C=Cc2ccccc21. The van der Waals surface area contributed by atoms with Crippen LogP contribution in [0.5, 0.6) is 0 Å². The molecule has 0 amide bonds. The molecule has 104 valence electrons. The summed E-state index contributed by atoms with van der Waals surface area (Å²) >= 11 is 0. The van der Waals surface area contributed by atoms with E-state index in [1.165, 1.54) is 28.9 Å². The van der Waals surface area contributed by atoms with Gasteiger partial charge in [0.2, 0.25) is 0 Å². The first-order chi connectivity index (χ1) is 9.81. The maximum absolute atomic E-state index is 2.37. The van der Waals surface area contributed by atoms with E-state index in [4.69, 9.17) is 0 Å². The van der Waals surface area contributed by atoms with Gasteiger partial charge in [-0.2, -0.15) is 0 Å². The third-order valence-electron chi connectivity index (χ3n) is 3.21. The van der Waals surface area contributed by atoms with Gasteiger partial charge in [0.25, 0.3) is 0 Å². The standard InChI is InChI=1S/C16H15N.C3H8/c1-2-17-15-9-5-3-7-13(15)11-12-14-8-4-6-10-16(14)17;1-3-2/h3-12H,2H2,1H3;3H2,1-2H3. The molecule has 2 aromatic carbocycles. The van der Waals surface area contributed by atoms with Gasteiger partial charge in [0.1, 0.15) is 0 Å². The zero-order valence-corrected chi connectivity index (χ0v) is 12.6. The van der Waals surface area contributed by atoms with Crippen LogP contribution in [-0.2, 0) is 0 Å². The minimum atomic E-state index is 0.982. The smallest absolute Gasteiger partial charge is 0.0484 e. The fourth-order valence-electron chi connectivity index (χ4n) is 2.40. The van der Waals surface area contributed by atoms with E-state index in [9.17, 15) is 0 Å². The summed E-state index contributed by atoms with van der Waals surface area (Å²) < 4.78 is 0. The lowest BCUT2D eigenvalue weighted by molar-refractivity contribution is 1.02. The molecule has 0 aromatic heterocycles. The maximum Gasteiger partial charge on any atom is 0.0484 e. The van der Waals surface area contributed by atoms with Crippen LogP contribution in [-0.4, -0.2) is 6.54 Å². The van der Waals surface area contributed by atoms with Gasteiger partial charge in [-0.15, -0.1) is 0 Å². The van der Waals surface area contributed by atoms with Crippen molar-refractivity contribution >= 4 is 23.5 Å².